The van der Waals surface area contributed by atoms with Crippen molar-refractivity contribution in [1.29, 1.82) is 0 Å². The van der Waals surface area contributed by atoms with Gasteiger partial charge in [0.25, 0.3) is 0 Å². The van der Waals surface area contributed by atoms with E-state index < -0.39 is 11.7 Å². The second-order valence-electron chi connectivity index (χ2n) is 4.97. The molecule has 1 N–H and O–H groups in total. The maximum Gasteiger partial charge on any atom is 0.417 e. The molecule has 0 saturated carbocycles. The Kier molecular flexibility index (Phi) is 4.93. The van der Waals surface area contributed by atoms with Crippen LogP contribution >= 0.6 is 0 Å². The van der Waals surface area contributed by atoms with Gasteiger partial charge in [-0.2, -0.15) is 13.2 Å². The Morgan fingerprint density at radius 2 is 2.00 bits per heavy atom. The summed E-state index contributed by atoms with van der Waals surface area (Å²) in [6.07, 6.45) is -1.63. The standard InChI is InChI=1S/C17H16F3NO2/c1-3-6-23-16-5-4-12(11(2)22)8-15(16)13-7-14(10-21-9-13)17(18,19)20/h4-5,7-10,22H,2-3,6H2,1H3. The quantitative estimate of drug-likeness (QED) is 0.780. The fraction of sp³-hybridized carbons (Fsp3) is 0.235. The number of aliphatic hydroxyl groups excluding tert-OH is 1. The second kappa shape index (κ2) is 6.73. The van der Waals surface area contributed by atoms with E-state index in [0.717, 1.165) is 18.7 Å². The van der Waals surface area contributed by atoms with Crippen molar-refractivity contribution in [2.24, 2.45) is 0 Å². The maximum atomic E-state index is 12.9. The summed E-state index contributed by atoms with van der Waals surface area (Å²) in [7, 11) is 0. The predicted octanol–water partition coefficient (Wildman–Crippen LogP) is 5.08. The molecule has 1 aromatic heterocycles. The molecule has 0 spiro atoms. The number of hydrogen-bond acceptors (Lipinski definition) is 3. The van der Waals surface area contributed by atoms with Gasteiger partial charge in [-0.1, -0.05) is 13.5 Å². The number of rotatable bonds is 5. The van der Waals surface area contributed by atoms with Gasteiger partial charge in [0, 0.05) is 29.1 Å². The van der Waals surface area contributed by atoms with Gasteiger partial charge in [0.15, 0.2) is 0 Å². The lowest BCUT2D eigenvalue weighted by atomic mass is 10.0. The normalized spacial score (nSPS) is 11.3. The van der Waals surface area contributed by atoms with Gasteiger partial charge in [0.1, 0.15) is 11.5 Å². The summed E-state index contributed by atoms with van der Waals surface area (Å²) in [6, 6.07) is 5.73. The average molecular weight is 323 g/mol. The van der Waals surface area contributed by atoms with Crippen LogP contribution in [0.4, 0.5) is 13.2 Å². The molecule has 0 aliphatic rings. The van der Waals surface area contributed by atoms with Gasteiger partial charge in [-0.15, -0.1) is 0 Å². The van der Waals surface area contributed by atoms with Crippen LogP contribution in [0, 0.1) is 0 Å². The fourth-order valence-electron chi connectivity index (χ4n) is 2.02. The highest BCUT2D eigenvalue weighted by Gasteiger charge is 2.31. The van der Waals surface area contributed by atoms with Crippen molar-refractivity contribution in [2.45, 2.75) is 19.5 Å². The van der Waals surface area contributed by atoms with Crippen molar-refractivity contribution in [2.75, 3.05) is 6.61 Å². The third-order valence-electron chi connectivity index (χ3n) is 3.15. The number of ether oxygens (including phenoxy) is 1. The first-order chi connectivity index (χ1) is 10.8. The van der Waals surface area contributed by atoms with E-state index in [0.29, 0.717) is 23.5 Å². The summed E-state index contributed by atoms with van der Waals surface area (Å²) in [5, 5.41) is 9.51. The number of alkyl halides is 3. The van der Waals surface area contributed by atoms with Crippen LogP contribution in [0.25, 0.3) is 16.9 Å². The Hall–Kier alpha value is -2.50. The first-order valence-corrected chi connectivity index (χ1v) is 7.00. The van der Waals surface area contributed by atoms with Gasteiger partial charge < -0.3 is 9.84 Å². The largest absolute Gasteiger partial charge is 0.508 e. The Morgan fingerprint density at radius 1 is 1.26 bits per heavy atom. The molecular formula is C17H16F3NO2. The molecule has 0 saturated heterocycles. The summed E-state index contributed by atoms with van der Waals surface area (Å²) >= 11 is 0. The smallest absolute Gasteiger partial charge is 0.417 e. The zero-order valence-corrected chi connectivity index (χ0v) is 12.5. The fourth-order valence-corrected chi connectivity index (χ4v) is 2.02. The van der Waals surface area contributed by atoms with E-state index in [9.17, 15) is 18.3 Å². The molecule has 0 aliphatic carbocycles. The van der Waals surface area contributed by atoms with Crippen LogP contribution in [0.3, 0.4) is 0 Å². The first kappa shape index (κ1) is 16.9. The SMILES string of the molecule is C=C(O)c1ccc(OCCC)c(-c2cncc(C(F)(F)F)c2)c1. The van der Waals surface area contributed by atoms with Gasteiger partial charge >= 0.3 is 6.18 Å². The molecule has 0 amide bonds. The number of aliphatic hydroxyl groups is 1. The van der Waals surface area contributed by atoms with Crippen molar-refractivity contribution in [1.82, 2.24) is 4.98 Å². The highest BCUT2D eigenvalue weighted by atomic mass is 19.4. The summed E-state index contributed by atoms with van der Waals surface area (Å²) in [5.41, 5.74) is 0.240. The molecule has 1 aromatic carbocycles. The third-order valence-corrected chi connectivity index (χ3v) is 3.15. The third kappa shape index (κ3) is 4.03. The van der Waals surface area contributed by atoms with Crippen LogP contribution in [0.1, 0.15) is 24.5 Å². The Bertz CT molecular complexity index is 711. The molecule has 122 valence electrons. The Morgan fingerprint density at radius 3 is 2.61 bits per heavy atom. The van der Waals surface area contributed by atoms with E-state index in [-0.39, 0.29) is 11.3 Å². The number of pyridine rings is 1. The van der Waals surface area contributed by atoms with E-state index in [4.69, 9.17) is 4.74 Å². The lowest BCUT2D eigenvalue weighted by molar-refractivity contribution is -0.137. The van der Waals surface area contributed by atoms with E-state index in [1.807, 2.05) is 6.92 Å². The van der Waals surface area contributed by atoms with Crippen molar-refractivity contribution in [3.63, 3.8) is 0 Å². The molecule has 2 rings (SSSR count). The zero-order chi connectivity index (χ0) is 17.0. The number of hydrogen-bond donors (Lipinski definition) is 1. The molecule has 0 fully saturated rings. The number of aromatic nitrogens is 1. The van der Waals surface area contributed by atoms with Crippen molar-refractivity contribution >= 4 is 5.76 Å². The molecule has 6 heteroatoms. The van der Waals surface area contributed by atoms with Crippen LogP contribution in [-0.2, 0) is 6.18 Å². The monoisotopic (exact) mass is 323 g/mol. The molecule has 0 atom stereocenters. The molecule has 0 unspecified atom stereocenters. The highest BCUT2D eigenvalue weighted by molar-refractivity contribution is 5.74. The van der Waals surface area contributed by atoms with Crippen molar-refractivity contribution in [3.05, 3.63) is 54.4 Å². The molecular weight excluding hydrogens is 307 g/mol. The zero-order valence-electron chi connectivity index (χ0n) is 12.5. The number of benzene rings is 1. The van der Waals surface area contributed by atoms with E-state index in [1.165, 1.54) is 12.3 Å². The minimum Gasteiger partial charge on any atom is -0.508 e. The van der Waals surface area contributed by atoms with Crippen LogP contribution in [0.5, 0.6) is 5.75 Å². The molecule has 0 radical (unpaired) electrons. The van der Waals surface area contributed by atoms with Gasteiger partial charge in [0.2, 0.25) is 0 Å². The Balaban J connectivity index is 2.55. The molecule has 23 heavy (non-hydrogen) atoms. The van der Waals surface area contributed by atoms with Crippen molar-refractivity contribution in [3.8, 4) is 16.9 Å². The number of halogens is 3. The second-order valence-corrected chi connectivity index (χ2v) is 4.97. The molecule has 2 aromatic rings. The summed E-state index contributed by atoms with van der Waals surface area (Å²) < 4.78 is 44.2. The van der Waals surface area contributed by atoms with Crippen LogP contribution in [-0.4, -0.2) is 16.7 Å². The lowest BCUT2D eigenvalue weighted by Crippen LogP contribution is -2.06. The van der Waals surface area contributed by atoms with E-state index >= 15 is 0 Å². The molecule has 1 heterocycles. The van der Waals surface area contributed by atoms with Gasteiger partial charge in [0.05, 0.1) is 12.2 Å². The van der Waals surface area contributed by atoms with Crippen LogP contribution in [0.2, 0.25) is 0 Å². The Labute approximate surface area is 132 Å². The van der Waals surface area contributed by atoms with Crippen LogP contribution in [0.15, 0.2) is 43.2 Å². The van der Waals surface area contributed by atoms with Gasteiger partial charge in [-0.05, 0) is 30.7 Å². The highest BCUT2D eigenvalue weighted by Crippen LogP contribution is 2.36. The minimum absolute atomic E-state index is 0.173. The predicted molar refractivity (Wildman–Crippen MR) is 82.1 cm³/mol. The average Bonchev–Trinajstić information content (AvgIpc) is 2.52. The van der Waals surface area contributed by atoms with E-state index in [2.05, 4.69) is 11.6 Å². The van der Waals surface area contributed by atoms with E-state index in [1.54, 1.807) is 12.1 Å². The van der Waals surface area contributed by atoms with Crippen LogP contribution < -0.4 is 4.74 Å². The molecule has 0 bridgehead atoms. The molecule has 3 nitrogen and oxygen atoms in total. The summed E-state index contributed by atoms with van der Waals surface area (Å²) in [6.45, 7) is 5.78. The summed E-state index contributed by atoms with van der Waals surface area (Å²) in [5.74, 6) is 0.256. The van der Waals surface area contributed by atoms with Crippen molar-refractivity contribution < 1.29 is 23.0 Å². The summed E-state index contributed by atoms with van der Waals surface area (Å²) in [4.78, 5) is 3.66. The molecule has 0 aliphatic heterocycles. The topological polar surface area (TPSA) is 42.4 Å². The minimum atomic E-state index is -4.48. The maximum absolute atomic E-state index is 12.9. The van der Waals surface area contributed by atoms with Gasteiger partial charge in [-0.25, -0.2) is 0 Å². The first-order valence-electron chi connectivity index (χ1n) is 7.00. The lowest BCUT2D eigenvalue weighted by Gasteiger charge is -2.14. The van der Waals surface area contributed by atoms with Gasteiger partial charge in [-0.3, -0.25) is 4.98 Å². The number of nitrogens with zero attached hydrogens (tertiary/aromatic N) is 1.